The highest BCUT2D eigenvalue weighted by Crippen LogP contribution is 2.26. The standard InChI is InChI=1S/C13H21ClN2O2S/c1-5-10(2)16(4)19(17,18)13-8-11(9-15-3)6-7-12(13)14/h6-8,10,15H,5,9H2,1-4H3. The van der Waals surface area contributed by atoms with Crippen molar-refractivity contribution in [3.63, 3.8) is 0 Å². The summed E-state index contributed by atoms with van der Waals surface area (Å²) >= 11 is 6.05. The molecule has 0 aliphatic carbocycles. The van der Waals surface area contributed by atoms with Crippen LogP contribution in [0.25, 0.3) is 0 Å². The van der Waals surface area contributed by atoms with E-state index in [2.05, 4.69) is 5.32 Å². The fourth-order valence-corrected chi connectivity index (χ4v) is 3.67. The summed E-state index contributed by atoms with van der Waals surface area (Å²) in [6.07, 6.45) is 0.754. The third kappa shape index (κ3) is 3.69. The molecule has 1 rings (SSSR count). The zero-order valence-corrected chi connectivity index (χ0v) is 13.3. The van der Waals surface area contributed by atoms with Crippen molar-refractivity contribution in [2.75, 3.05) is 14.1 Å². The van der Waals surface area contributed by atoms with E-state index < -0.39 is 10.0 Å². The van der Waals surface area contributed by atoms with Crippen molar-refractivity contribution >= 4 is 21.6 Å². The first-order valence-electron chi connectivity index (χ1n) is 6.25. The van der Waals surface area contributed by atoms with E-state index in [0.29, 0.717) is 6.54 Å². The third-order valence-electron chi connectivity index (χ3n) is 3.25. The summed E-state index contributed by atoms with van der Waals surface area (Å²) in [6.45, 7) is 4.44. The summed E-state index contributed by atoms with van der Waals surface area (Å²) in [4.78, 5) is 0.171. The Morgan fingerprint density at radius 3 is 2.58 bits per heavy atom. The molecule has 0 amide bonds. The number of halogens is 1. The Kier molecular flexibility index (Phi) is 5.80. The first-order valence-corrected chi connectivity index (χ1v) is 8.07. The third-order valence-corrected chi connectivity index (χ3v) is 5.70. The summed E-state index contributed by atoms with van der Waals surface area (Å²) in [7, 11) is -0.147. The van der Waals surface area contributed by atoms with E-state index in [1.807, 2.05) is 27.0 Å². The molecule has 108 valence electrons. The lowest BCUT2D eigenvalue weighted by Gasteiger charge is -2.24. The molecule has 0 aromatic heterocycles. The first-order chi connectivity index (χ1) is 8.84. The predicted molar refractivity (Wildman–Crippen MR) is 78.9 cm³/mol. The summed E-state index contributed by atoms with van der Waals surface area (Å²) < 4.78 is 26.4. The predicted octanol–water partition coefficient (Wildman–Crippen LogP) is 2.48. The zero-order valence-electron chi connectivity index (χ0n) is 11.8. The lowest BCUT2D eigenvalue weighted by atomic mass is 10.2. The highest BCUT2D eigenvalue weighted by molar-refractivity contribution is 7.89. The molecule has 1 unspecified atom stereocenters. The van der Waals surface area contributed by atoms with Gasteiger partial charge in [-0.15, -0.1) is 0 Å². The van der Waals surface area contributed by atoms with Gasteiger partial charge in [-0.3, -0.25) is 0 Å². The average Bonchev–Trinajstić information content (AvgIpc) is 2.39. The van der Waals surface area contributed by atoms with Gasteiger partial charge in [-0.2, -0.15) is 4.31 Å². The van der Waals surface area contributed by atoms with Crippen molar-refractivity contribution in [2.24, 2.45) is 0 Å². The SMILES string of the molecule is CCC(C)N(C)S(=O)(=O)c1cc(CNC)ccc1Cl. The molecular weight excluding hydrogens is 284 g/mol. The van der Waals surface area contributed by atoms with Crippen LogP contribution in [-0.2, 0) is 16.6 Å². The maximum atomic E-state index is 12.5. The summed E-state index contributed by atoms with van der Waals surface area (Å²) in [5.74, 6) is 0. The Morgan fingerprint density at radius 2 is 2.05 bits per heavy atom. The average molecular weight is 305 g/mol. The second kappa shape index (κ2) is 6.70. The van der Waals surface area contributed by atoms with Gasteiger partial charge in [0.15, 0.2) is 0 Å². The Hall–Kier alpha value is -0.620. The van der Waals surface area contributed by atoms with Gasteiger partial charge in [-0.05, 0) is 38.1 Å². The number of nitrogens with zero attached hydrogens (tertiary/aromatic N) is 1. The number of hydrogen-bond acceptors (Lipinski definition) is 3. The molecule has 0 fully saturated rings. The van der Waals surface area contributed by atoms with Gasteiger partial charge in [0.1, 0.15) is 4.90 Å². The first kappa shape index (κ1) is 16.4. The molecule has 1 N–H and O–H groups in total. The summed E-state index contributed by atoms with van der Waals surface area (Å²) in [5, 5.41) is 3.25. The van der Waals surface area contributed by atoms with E-state index in [1.54, 1.807) is 19.2 Å². The van der Waals surface area contributed by atoms with Crippen LogP contribution >= 0.6 is 11.6 Å². The normalized spacial score (nSPS) is 13.8. The fraction of sp³-hybridized carbons (Fsp3) is 0.538. The van der Waals surface area contributed by atoms with Gasteiger partial charge >= 0.3 is 0 Å². The molecule has 0 spiro atoms. The van der Waals surface area contributed by atoms with Crippen LogP contribution in [0.3, 0.4) is 0 Å². The van der Waals surface area contributed by atoms with Crippen LogP contribution in [0, 0.1) is 0 Å². The van der Waals surface area contributed by atoms with E-state index in [0.717, 1.165) is 12.0 Å². The van der Waals surface area contributed by atoms with Crippen molar-refractivity contribution in [1.82, 2.24) is 9.62 Å². The lowest BCUT2D eigenvalue weighted by molar-refractivity contribution is 0.380. The molecule has 0 saturated heterocycles. The Morgan fingerprint density at radius 1 is 1.42 bits per heavy atom. The second-order valence-corrected chi connectivity index (χ2v) is 6.95. The van der Waals surface area contributed by atoms with Gasteiger partial charge in [0.2, 0.25) is 10.0 Å². The maximum absolute atomic E-state index is 12.5. The van der Waals surface area contributed by atoms with Crippen molar-refractivity contribution in [3.05, 3.63) is 28.8 Å². The molecule has 0 aliphatic rings. The topological polar surface area (TPSA) is 49.4 Å². The molecular formula is C13H21ClN2O2S. The molecule has 1 aromatic carbocycles. The molecule has 1 atom stereocenters. The van der Waals surface area contributed by atoms with Gasteiger partial charge < -0.3 is 5.32 Å². The van der Waals surface area contributed by atoms with Gasteiger partial charge in [0, 0.05) is 19.6 Å². The molecule has 0 bridgehead atoms. The van der Waals surface area contributed by atoms with E-state index in [9.17, 15) is 8.42 Å². The second-order valence-electron chi connectivity index (χ2n) is 4.57. The molecule has 0 saturated carbocycles. The van der Waals surface area contributed by atoms with Crippen LogP contribution in [0.4, 0.5) is 0 Å². The zero-order chi connectivity index (χ0) is 14.6. The van der Waals surface area contributed by atoms with Crippen LogP contribution < -0.4 is 5.32 Å². The number of hydrogen-bond donors (Lipinski definition) is 1. The minimum atomic E-state index is -3.55. The van der Waals surface area contributed by atoms with Crippen molar-refractivity contribution < 1.29 is 8.42 Å². The maximum Gasteiger partial charge on any atom is 0.244 e. The van der Waals surface area contributed by atoms with Crippen LogP contribution in [0.1, 0.15) is 25.8 Å². The fourth-order valence-electron chi connectivity index (χ4n) is 1.71. The number of benzene rings is 1. The molecule has 19 heavy (non-hydrogen) atoms. The Bertz CT molecular complexity index is 531. The number of rotatable bonds is 6. The van der Waals surface area contributed by atoms with Gasteiger partial charge in [-0.25, -0.2) is 8.42 Å². The number of sulfonamides is 1. The molecule has 1 aromatic rings. The Labute approximate surface area is 120 Å². The molecule has 0 aliphatic heterocycles. The largest absolute Gasteiger partial charge is 0.316 e. The van der Waals surface area contributed by atoms with Crippen LogP contribution in [0.15, 0.2) is 23.1 Å². The van der Waals surface area contributed by atoms with Gasteiger partial charge in [0.05, 0.1) is 5.02 Å². The summed E-state index contributed by atoms with van der Waals surface area (Å²) in [6, 6.07) is 5.02. The van der Waals surface area contributed by atoms with E-state index in [4.69, 9.17) is 11.6 Å². The molecule has 0 heterocycles. The van der Waals surface area contributed by atoms with Crippen molar-refractivity contribution in [3.8, 4) is 0 Å². The van der Waals surface area contributed by atoms with Crippen LogP contribution in [-0.4, -0.2) is 32.9 Å². The van der Waals surface area contributed by atoms with Gasteiger partial charge in [-0.1, -0.05) is 24.6 Å². The lowest BCUT2D eigenvalue weighted by Crippen LogP contribution is -2.34. The highest BCUT2D eigenvalue weighted by atomic mass is 35.5. The van der Waals surface area contributed by atoms with E-state index in [-0.39, 0.29) is 16.0 Å². The molecule has 6 heteroatoms. The minimum Gasteiger partial charge on any atom is -0.316 e. The monoisotopic (exact) mass is 304 g/mol. The minimum absolute atomic E-state index is 0.0611. The Balaban J connectivity index is 3.23. The summed E-state index contributed by atoms with van der Waals surface area (Å²) in [5.41, 5.74) is 0.892. The molecule has 0 radical (unpaired) electrons. The number of nitrogens with one attached hydrogen (secondary N) is 1. The van der Waals surface area contributed by atoms with E-state index >= 15 is 0 Å². The van der Waals surface area contributed by atoms with Crippen molar-refractivity contribution in [2.45, 2.75) is 37.8 Å². The van der Waals surface area contributed by atoms with Gasteiger partial charge in [0.25, 0.3) is 0 Å². The van der Waals surface area contributed by atoms with E-state index in [1.165, 1.54) is 4.31 Å². The van der Waals surface area contributed by atoms with Crippen LogP contribution in [0.2, 0.25) is 5.02 Å². The quantitative estimate of drug-likeness (QED) is 0.878. The van der Waals surface area contributed by atoms with Crippen LogP contribution in [0.5, 0.6) is 0 Å². The molecule has 4 nitrogen and oxygen atoms in total. The highest BCUT2D eigenvalue weighted by Gasteiger charge is 2.26. The smallest absolute Gasteiger partial charge is 0.244 e. The van der Waals surface area contributed by atoms with Crippen molar-refractivity contribution in [1.29, 1.82) is 0 Å².